The molecule has 1 atom stereocenters. The molecule has 0 heterocycles. The van der Waals surface area contributed by atoms with Gasteiger partial charge in [0.1, 0.15) is 5.54 Å². The molecule has 4 nitrogen and oxygen atoms in total. The first kappa shape index (κ1) is 19.8. The Hall–Kier alpha value is -2.98. The number of hydrogen-bond acceptors (Lipinski definition) is 4. The van der Waals surface area contributed by atoms with Gasteiger partial charge in [0.05, 0.1) is 0 Å². The first-order chi connectivity index (χ1) is 13.3. The zero-order chi connectivity index (χ0) is 20.3. The van der Waals surface area contributed by atoms with E-state index >= 15 is 0 Å². The number of ketones is 2. The number of carbonyl (C=O) groups excluding carboxylic acids is 2. The van der Waals surface area contributed by atoms with E-state index in [1.54, 1.807) is 6.08 Å². The minimum absolute atomic E-state index is 0.0268. The molecule has 1 aliphatic rings. The molecule has 28 heavy (non-hydrogen) atoms. The maximum Gasteiger partial charge on any atom is 0.192 e. The van der Waals surface area contributed by atoms with E-state index in [0.29, 0.717) is 23.1 Å². The first-order valence-electron chi connectivity index (χ1n) is 9.34. The summed E-state index contributed by atoms with van der Waals surface area (Å²) in [5.41, 5.74) is 2.21. The SMILES string of the molecule is CN(C)c1ccc(C(=O)C2=CCC(C(=O)c3ccccc3)(N(C)C)C=C2)cc1. The van der Waals surface area contributed by atoms with Gasteiger partial charge in [0, 0.05) is 36.5 Å². The van der Waals surface area contributed by atoms with Crippen LogP contribution in [0.25, 0.3) is 0 Å². The fraction of sp³-hybridized carbons (Fsp3) is 0.250. The summed E-state index contributed by atoms with van der Waals surface area (Å²) < 4.78 is 0. The van der Waals surface area contributed by atoms with Crippen LogP contribution < -0.4 is 4.90 Å². The molecule has 0 aromatic heterocycles. The molecule has 0 saturated heterocycles. The predicted molar refractivity (Wildman–Crippen MR) is 114 cm³/mol. The molecular weight excluding hydrogens is 348 g/mol. The third kappa shape index (κ3) is 3.69. The van der Waals surface area contributed by atoms with Crippen molar-refractivity contribution < 1.29 is 9.59 Å². The summed E-state index contributed by atoms with van der Waals surface area (Å²) in [7, 11) is 7.72. The van der Waals surface area contributed by atoms with Crippen molar-refractivity contribution in [1.29, 1.82) is 0 Å². The smallest absolute Gasteiger partial charge is 0.192 e. The van der Waals surface area contributed by atoms with Gasteiger partial charge in [-0.1, -0.05) is 48.6 Å². The highest BCUT2D eigenvalue weighted by atomic mass is 16.1. The van der Waals surface area contributed by atoms with Crippen molar-refractivity contribution in [3.63, 3.8) is 0 Å². The molecule has 0 bridgehead atoms. The molecule has 2 aromatic rings. The Bertz CT molecular complexity index is 925. The van der Waals surface area contributed by atoms with Crippen molar-refractivity contribution >= 4 is 17.3 Å². The number of rotatable bonds is 6. The van der Waals surface area contributed by atoms with E-state index in [0.717, 1.165) is 5.69 Å². The fourth-order valence-electron chi connectivity index (χ4n) is 3.42. The molecule has 0 amide bonds. The normalized spacial score (nSPS) is 18.7. The maximum atomic E-state index is 13.2. The summed E-state index contributed by atoms with van der Waals surface area (Å²) >= 11 is 0. The Morgan fingerprint density at radius 2 is 1.50 bits per heavy atom. The number of nitrogens with zero attached hydrogens (tertiary/aromatic N) is 2. The molecule has 144 valence electrons. The van der Waals surface area contributed by atoms with Crippen molar-refractivity contribution in [2.24, 2.45) is 0 Å². The Morgan fingerprint density at radius 1 is 0.857 bits per heavy atom. The number of likely N-dealkylation sites (N-methyl/N-ethyl adjacent to an activating group) is 1. The van der Waals surface area contributed by atoms with Gasteiger partial charge in [0.2, 0.25) is 0 Å². The largest absolute Gasteiger partial charge is 0.378 e. The van der Waals surface area contributed by atoms with Gasteiger partial charge < -0.3 is 4.90 Å². The van der Waals surface area contributed by atoms with Gasteiger partial charge in [-0.15, -0.1) is 0 Å². The number of Topliss-reactive ketones (excluding diaryl/α,β-unsaturated/α-hetero) is 2. The summed E-state index contributed by atoms with van der Waals surface area (Å²) in [5.74, 6) is 0.00788. The van der Waals surface area contributed by atoms with Crippen LogP contribution in [0, 0.1) is 0 Å². The van der Waals surface area contributed by atoms with Crippen LogP contribution in [-0.4, -0.2) is 50.2 Å². The van der Waals surface area contributed by atoms with E-state index in [9.17, 15) is 9.59 Å². The monoisotopic (exact) mass is 374 g/mol. The van der Waals surface area contributed by atoms with Gasteiger partial charge in [-0.2, -0.15) is 0 Å². The highest BCUT2D eigenvalue weighted by Crippen LogP contribution is 2.31. The van der Waals surface area contributed by atoms with Crippen molar-refractivity contribution in [2.75, 3.05) is 33.1 Å². The maximum absolute atomic E-state index is 13.2. The molecular formula is C24H26N2O2. The van der Waals surface area contributed by atoms with Gasteiger partial charge in [0.25, 0.3) is 0 Å². The van der Waals surface area contributed by atoms with Crippen LogP contribution in [0.3, 0.4) is 0 Å². The topological polar surface area (TPSA) is 40.6 Å². The summed E-state index contributed by atoms with van der Waals surface area (Å²) in [6, 6.07) is 16.8. The van der Waals surface area contributed by atoms with Crippen molar-refractivity contribution in [2.45, 2.75) is 12.0 Å². The van der Waals surface area contributed by atoms with Crippen LogP contribution in [0.4, 0.5) is 5.69 Å². The van der Waals surface area contributed by atoms with Crippen LogP contribution >= 0.6 is 0 Å². The van der Waals surface area contributed by atoms with E-state index in [-0.39, 0.29) is 11.6 Å². The standard InChI is InChI=1S/C24H26N2O2/c1-25(2)21-12-10-18(11-13-21)22(27)19-14-16-24(17-15-19,26(3)4)23(28)20-8-6-5-7-9-20/h5-16H,17H2,1-4H3. The number of carbonyl (C=O) groups is 2. The zero-order valence-electron chi connectivity index (χ0n) is 16.8. The van der Waals surface area contributed by atoms with Gasteiger partial charge in [-0.05, 0) is 44.8 Å². The lowest BCUT2D eigenvalue weighted by Crippen LogP contribution is -2.50. The van der Waals surface area contributed by atoms with Gasteiger partial charge in [0.15, 0.2) is 11.6 Å². The second-order valence-electron chi connectivity index (χ2n) is 7.48. The Labute approximate surface area is 166 Å². The molecule has 1 aliphatic carbocycles. The number of allylic oxidation sites excluding steroid dienone is 2. The molecule has 1 unspecified atom stereocenters. The minimum Gasteiger partial charge on any atom is -0.378 e. The predicted octanol–water partition coefficient (Wildman–Crippen LogP) is 4.00. The minimum atomic E-state index is -0.778. The Kier molecular flexibility index (Phi) is 5.61. The summed E-state index contributed by atoms with van der Waals surface area (Å²) in [6.07, 6.45) is 5.99. The zero-order valence-corrected chi connectivity index (χ0v) is 16.8. The van der Waals surface area contributed by atoms with Crippen molar-refractivity contribution in [3.05, 3.63) is 89.5 Å². The quantitative estimate of drug-likeness (QED) is 0.717. The third-order valence-electron chi connectivity index (χ3n) is 5.31. The van der Waals surface area contributed by atoms with Crippen LogP contribution in [0.2, 0.25) is 0 Å². The molecule has 4 heteroatoms. The van der Waals surface area contributed by atoms with Crippen molar-refractivity contribution in [1.82, 2.24) is 4.90 Å². The van der Waals surface area contributed by atoms with E-state index in [2.05, 4.69) is 0 Å². The molecule has 0 N–H and O–H groups in total. The summed E-state index contributed by atoms with van der Waals surface area (Å²) in [6.45, 7) is 0. The second kappa shape index (κ2) is 7.95. The molecule has 0 aliphatic heterocycles. The average Bonchev–Trinajstić information content (AvgIpc) is 2.73. The van der Waals surface area contributed by atoms with Crippen molar-refractivity contribution in [3.8, 4) is 0 Å². The van der Waals surface area contributed by atoms with Crippen LogP contribution in [0.1, 0.15) is 27.1 Å². The lowest BCUT2D eigenvalue weighted by atomic mass is 9.80. The lowest BCUT2D eigenvalue weighted by Gasteiger charge is -2.37. The molecule has 3 rings (SSSR count). The first-order valence-corrected chi connectivity index (χ1v) is 9.34. The molecule has 0 radical (unpaired) electrons. The summed E-state index contributed by atoms with van der Waals surface area (Å²) in [4.78, 5) is 30.0. The fourth-order valence-corrected chi connectivity index (χ4v) is 3.42. The highest BCUT2D eigenvalue weighted by molar-refractivity contribution is 6.12. The van der Waals surface area contributed by atoms with E-state index in [1.165, 1.54) is 0 Å². The number of anilines is 1. The molecule has 0 fully saturated rings. The molecule has 0 saturated carbocycles. The third-order valence-corrected chi connectivity index (χ3v) is 5.31. The van der Waals surface area contributed by atoms with Gasteiger partial charge in [-0.25, -0.2) is 0 Å². The average molecular weight is 374 g/mol. The van der Waals surface area contributed by atoms with Gasteiger partial charge >= 0.3 is 0 Å². The van der Waals surface area contributed by atoms with E-state index in [1.807, 2.05) is 105 Å². The lowest BCUT2D eigenvalue weighted by molar-refractivity contribution is 0.0774. The Balaban J connectivity index is 1.84. The van der Waals surface area contributed by atoms with Crippen LogP contribution in [0.15, 0.2) is 78.4 Å². The number of hydrogen-bond donors (Lipinski definition) is 0. The molecule has 0 spiro atoms. The van der Waals surface area contributed by atoms with Crippen LogP contribution in [-0.2, 0) is 0 Å². The Morgan fingerprint density at radius 3 is 2.00 bits per heavy atom. The number of benzene rings is 2. The molecule has 2 aromatic carbocycles. The van der Waals surface area contributed by atoms with Gasteiger partial charge in [-0.3, -0.25) is 14.5 Å². The van der Waals surface area contributed by atoms with E-state index < -0.39 is 5.54 Å². The van der Waals surface area contributed by atoms with Crippen LogP contribution in [0.5, 0.6) is 0 Å². The highest BCUT2D eigenvalue weighted by Gasteiger charge is 2.39. The summed E-state index contributed by atoms with van der Waals surface area (Å²) in [5, 5.41) is 0. The van der Waals surface area contributed by atoms with E-state index in [4.69, 9.17) is 0 Å². The second-order valence-corrected chi connectivity index (χ2v) is 7.48.